The van der Waals surface area contributed by atoms with Crippen molar-refractivity contribution < 1.29 is 27.5 Å². The van der Waals surface area contributed by atoms with Gasteiger partial charge in [0.05, 0.1) is 7.11 Å². The zero-order valence-electron chi connectivity index (χ0n) is 15.6. The number of benzene rings is 1. The Morgan fingerprint density at radius 3 is 2.54 bits per heavy atom. The van der Waals surface area contributed by atoms with Crippen LogP contribution in [0.1, 0.15) is 20.3 Å². The summed E-state index contributed by atoms with van der Waals surface area (Å²) in [5.74, 6) is -0.538. The van der Waals surface area contributed by atoms with Crippen LogP contribution in [0.15, 0.2) is 41.3 Å². The van der Waals surface area contributed by atoms with Crippen molar-refractivity contribution in [1.82, 2.24) is 10.0 Å². The van der Waals surface area contributed by atoms with E-state index in [4.69, 9.17) is 18.4 Å². The van der Waals surface area contributed by atoms with Crippen molar-refractivity contribution in [3.8, 4) is 16.9 Å². The summed E-state index contributed by atoms with van der Waals surface area (Å²) in [5, 5.41) is 8.73. The second kappa shape index (κ2) is 10.5. The van der Waals surface area contributed by atoms with Gasteiger partial charge in [0.25, 0.3) is 5.56 Å². The molecule has 2 aromatic rings. The minimum Gasteiger partial charge on any atom is -0.497 e. The first kappa shape index (κ1) is 23.2. The fourth-order valence-electron chi connectivity index (χ4n) is 2.40. The van der Waals surface area contributed by atoms with E-state index in [2.05, 4.69) is 0 Å². The molecule has 0 atom stereocenters. The van der Waals surface area contributed by atoms with Crippen LogP contribution in [0.25, 0.3) is 11.1 Å². The molecule has 2 N–H and O–H groups in total. The predicted molar refractivity (Wildman–Crippen MR) is 99.9 cm³/mol. The van der Waals surface area contributed by atoms with E-state index in [0.717, 1.165) is 6.20 Å². The molecule has 0 fully saturated rings. The van der Waals surface area contributed by atoms with Crippen LogP contribution in [0.2, 0.25) is 0 Å². The standard InChI is InChI=1S/C18H21FN2O4.O2S/c1-18(2,17(23)20-24)7-8-21-11-15(19)14(10-16(21)22)12-5-4-6-13(9-12)25-3;1-3-2/h4-6,9-11,24H,7-8H2,1-3H3,(H,20,23);. The van der Waals surface area contributed by atoms with Crippen LogP contribution in [-0.2, 0) is 22.9 Å². The van der Waals surface area contributed by atoms with Crippen LogP contribution < -0.4 is 15.8 Å². The number of ether oxygens (including phenoxy) is 1. The number of amides is 1. The minimum atomic E-state index is -0.893. The van der Waals surface area contributed by atoms with E-state index >= 15 is 0 Å². The van der Waals surface area contributed by atoms with E-state index in [1.165, 1.54) is 17.7 Å². The molecule has 0 saturated heterocycles. The molecule has 1 aromatic carbocycles. The third-order valence-corrected chi connectivity index (χ3v) is 4.15. The molecule has 1 aromatic heterocycles. The molecule has 8 nitrogen and oxygen atoms in total. The Bertz CT molecular complexity index is 923. The van der Waals surface area contributed by atoms with Gasteiger partial charge in [-0.1, -0.05) is 26.0 Å². The van der Waals surface area contributed by atoms with Gasteiger partial charge in [0.2, 0.25) is 5.91 Å². The molecule has 1 heterocycles. The molecule has 0 bridgehead atoms. The number of carbonyl (C=O) groups excluding carboxylic acids is 1. The smallest absolute Gasteiger partial charge is 0.335 e. The number of hydrogen-bond donors (Lipinski definition) is 2. The topological polar surface area (TPSA) is 115 Å². The second-order valence-corrected chi connectivity index (χ2v) is 6.58. The van der Waals surface area contributed by atoms with Gasteiger partial charge < -0.3 is 9.30 Å². The number of pyridine rings is 1. The zero-order valence-corrected chi connectivity index (χ0v) is 16.4. The molecule has 0 aliphatic heterocycles. The molecule has 0 aliphatic carbocycles. The Kier molecular flexibility index (Phi) is 8.68. The number of halogens is 1. The average molecular weight is 412 g/mol. The summed E-state index contributed by atoms with van der Waals surface area (Å²) < 4.78 is 37.4. The number of nitrogens with one attached hydrogen (secondary N) is 1. The normalized spacial score (nSPS) is 10.5. The minimum absolute atomic E-state index is 0.147. The van der Waals surface area contributed by atoms with Gasteiger partial charge in [-0.3, -0.25) is 14.8 Å². The van der Waals surface area contributed by atoms with Gasteiger partial charge in [0.15, 0.2) is 0 Å². The van der Waals surface area contributed by atoms with Crippen molar-refractivity contribution >= 4 is 17.5 Å². The summed E-state index contributed by atoms with van der Waals surface area (Å²) >= 11 is -0.750. The number of aromatic nitrogens is 1. The van der Waals surface area contributed by atoms with Crippen LogP contribution in [0, 0.1) is 11.2 Å². The first-order chi connectivity index (χ1) is 13.2. The maximum atomic E-state index is 14.5. The summed E-state index contributed by atoms with van der Waals surface area (Å²) in [6.45, 7) is 3.41. The number of hydrogen-bond acceptors (Lipinski definition) is 6. The molecule has 0 aliphatic rings. The monoisotopic (exact) mass is 412 g/mol. The molecule has 10 heteroatoms. The highest BCUT2D eigenvalue weighted by Gasteiger charge is 2.27. The fourth-order valence-corrected chi connectivity index (χ4v) is 2.40. The highest BCUT2D eigenvalue weighted by Crippen LogP contribution is 2.26. The van der Waals surface area contributed by atoms with Gasteiger partial charge in [0, 0.05) is 29.8 Å². The van der Waals surface area contributed by atoms with Crippen LogP contribution in [0.5, 0.6) is 5.75 Å². The highest BCUT2D eigenvalue weighted by molar-refractivity contribution is 7.51. The Morgan fingerprint density at radius 2 is 1.96 bits per heavy atom. The van der Waals surface area contributed by atoms with Gasteiger partial charge in [-0.05, 0) is 24.1 Å². The maximum Gasteiger partial charge on any atom is 0.335 e. The number of rotatable bonds is 6. The molecular formula is C18H21FN2O6S. The van der Waals surface area contributed by atoms with Crippen molar-refractivity contribution in [2.75, 3.05) is 7.11 Å². The van der Waals surface area contributed by atoms with Crippen LogP contribution >= 0.6 is 0 Å². The van der Waals surface area contributed by atoms with Crippen LogP contribution in [0.4, 0.5) is 4.39 Å². The van der Waals surface area contributed by atoms with Crippen LogP contribution in [-0.4, -0.2) is 31.2 Å². The first-order valence-corrected chi connectivity index (χ1v) is 8.77. The van der Waals surface area contributed by atoms with Crippen molar-refractivity contribution in [3.63, 3.8) is 0 Å². The van der Waals surface area contributed by atoms with Crippen LogP contribution in [0.3, 0.4) is 0 Å². The number of hydroxylamine groups is 1. The average Bonchev–Trinajstić information content (AvgIpc) is 2.68. The van der Waals surface area contributed by atoms with Crippen molar-refractivity contribution in [3.05, 3.63) is 52.7 Å². The lowest BCUT2D eigenvalue weighted by molar-refractivity contribution is -0.138. The maximum absolute atomic E-state index is 14.5. The number of carbonyl (C=O) groups is 1. The number of nitrogens with zero attached hydrogens (tertiary/aromatic N) is 1. The third-order valence-electron chi connectivity index (χ3n) is 4.15. The van der Waals surface area contributed by atoms with E-state index in [-0.39, 0.29) is 24.1 Å². The lowest BCUT2D eigenvalue weighted by Gasteiger charge is -2.22. The highest BCUT2D eigenvalue weighted by atomic mass is 32.1. The van der Waals surface area contributed by atoms with E-state index < -0.39 is 28.7 Å². The summed E-state index contributed by atoms with van der Waals surface area (Å²) in [6.07, 6.45) is 1.39. The molecule has 1 amide bonds. The molecule has 0 radical (unpaired) electrons. The van der Waals surface area contributed by atoms with E-state index in [1.54, 1.807) is 43.6 Å². The summed E-state index contributed by atoms with van der Waals surface area (Å²) in [6, 6.07) is 8.02. The lowest BCUT2D eigenvalue weighted by Crippen LogP contribution is -2.36. The Hall–Kier alpha value is -2.85. The summed E-state index contributed by atoms with van der Waals surface area (Å²) in [5.41, 5.74) is 1.06. The molecule has 28 heavy (non-hydrogen) atoms. The zero-order chi connectivity index (χ0) is 21.3. The fraction of sp³-hybridized carbons (Fsp3) is 0.333. The molecule has 2 rings (SSSR count). The quantitative estimate of drug-likeness (QED) is 0.553. The number of methoxy groups -OCH3 is 1. The van der Waals surface area contributed by atoms with Gasteiger partial charge in [-0.2, -0.15) is 8.42 Å². The Morgan fingerprint density at radius 1 is 1.32 bits per heavy atom. The molecule has 0 saturated carbocycles. The first-order valence-electron chi connectivity index (χ1n) is 8.11. The Labute approximate surface area is 164 Å². The summed E-state index contributed by atoms with van der Waals surface area (Å²) in [7, 11) is 1.51. The van der Waals surface area contributed by atoms with Gasteiger partial charge in [-0.25, -0.2) is 9.87 Å². The van der Waals surface area contributed by atoms with Crippen molar-refractivity contribution in [1.29, 1.82) is 0 Å². The Balaban J connectivity index is 0.00000122. The third kappa shape index (κ3) is 6.10. The number of aryl methyl sites for hydroxylation is 1. The van der Waals surface area contributed by atoms with Gasteiger partial charge in [-0.15, -0.1) is 0 Å². The molecule has 0 spiro atoms. The van der Waals surface area contributed by atoms with Crippen molar-refractivity contribution in [2.24, 2.45) is 5.41 Å². The SMILES string of the molecule is COc1cccc(-c2cc(=O)n(CCC(C)(C)C(=O)NO)cc2F)c1.O=S=O. The van der Waals surface area contributed by atoms with Gasteiger partial charge >= 0.3 is 11.6 Å². The second-order valence-electron chi connectivity index (χ2n) is 6.44. The van der Waals surface area contributed by atoms with E-state index in [0.29, 0.717) is 11.3 Å². The largest absolute Gasteiger partial charge is 0.497 e. The lowest BCUT2D eigenvalue weighted by atomic mass is 9.88. The van der Waals surface area contributed by atoms with Gasteiger partial charge in [0.1, 0.15) is 11.6 Å². The predicted octanol–water partition coefficient (Wildman–Crippen LogP) is 1.91. The molecular weight excluding hydrogens is 391 g/mol. The van der Waals surface area contributed by atoms with Crippen molar-refractivity contribution in [2.45, 2.75) is 26.8 Å². The molecule has 152 valence electrons. The van der Waals surface area contributed by atoms with E-state index in [1.807, 2.05) is 0 Å². The summed E-state index contributed by atoms with van der Waals surface area (Å²) in [4.78, 5) is 23.9. The molecule has 0 unspecified atom stereocenters. The van der Waals surface area contributed by atoms with E-state index in [9.17, 15) is 14.0 Å².